The molecule has 0 aliphatic heterocycles. The van der Waals surface area contributed by atoms with E-state index in [1.54, 1.807) is 24.3 Å². The number of aliphatic hydroxyl groups is 1. The third kappa shape index (κ3) is 5.70. The number of rotatable bonds is 6. The van der Waals surface area contributed by atoms with Gasteiger partial charge in [-0.2, -0.15) is 0 Å². The Bertz CT molecular complexity index is 837. The van der Waals surface area contributed by atoms with Crippen LogP contribution in [-0.4, -0.2) is 33.1 Å². The maximum Gasteiger partial charge on any atom is 0.252 e. The normalized spacial score (nSPS) is 15.9. The van der Waals surface area contributed by atoms with Crippen LogP contribution in [0.1, 0.15) is 48.2 Å². The van der Waals surface area contributed by atoms with E-state index >= 15 is 0 Å². The van der Waals surface area contributed by atoms with E-state index in [9.17, 15) is 9.90 Å². The molecular formula is C19H21Cl3N4O2. The molecule has 150 valence electrons. The Labute approximate surface area is 178 Å². The topological polar surface area (TPSA) is 87.1 Å². The van der Waals surface area contributed by atoms with Gasteiger partial charge in [0.1, 0.15) is 5.15 Å². The molecule has 1 amide bonds. The van der Waals surface area contributed by atoms with Gasteiger partial charge in [-0.15, -0.1) is 0 Å². The molecule has 1 aromatic carbocycles. The number of hydrogen-bond acceptors (Lipinski definition) is 5. The highest BCUT2D eigenvalue weighted by atomic mass is 35.5. The average molecular weight is 444 g/mol. The summed E-state index contributed by atoms with van der Waals surface area (Å²) in [5.74, 6) is -0.319. The lowest BCUT2D eigenvalue weighted by atomic mass is 9.85. The number of anilines is 1. The van der Waals surface area contributed by atoms with E-state index in [-0.39, 0.29) is 22.9 Å². The standard InChI is InChI=1S/C19H21Cl3N4O2/c20-15-5-4-12(23-10-13-9-16(21)26-18(22)25-13)8-14(15)17(27)24-11-19(28)6-2-1-3-7-19/h4-5,8-9,23,28H,1-3,6-7,10-11H2,(H,24,27). The molecule has 1 fully saturated rings. The number of benzene rings is 1. The molecule has 1 saturated carbocycles. The van der Waals surface area contributed by atoms with Crippen LogP contribution >= 0.6 is 34.8 Å². The minimum absolute atomic E-state index is 0.0705. The number of hydrogen-bond donors (Lipinski definition) is 3. The second-order valence-electron chi connectivity index (χ2n) is 6.97. The summed E-state index contributed by atoms with van der Waals surface area (Å²) < 4.78 is 0. The van der Waals surface area contributed by atoms with Gasteiger partial charge >= 0.3 is 0 Å². The number of nitrogens with zero attached hydrogens (tertiary/aromatic N) is 2. The Balaban J connectivity index is 1.64. The van der Waals surface area contributed by atoms with Crippen molar-refractivity contribution in [1.29, 1.82) is 0 Å². The Kier molecular flexibility index (Phi) is 6.99. The van der Waals surface area contributed by atoms with Crippen LogP contribution in [0.4, 0.5) is 5.69 Å². The minimum atomic E-state index is -0.832. The highest BCUT2D eigenvalue weighted by Gasteiger charge is 2.29. The number of carbonyl (C=O) groups is 1. The number of aromatic nitrogens is 2. The molecular weight excluding hydrogens is 423 g/mol. The zero-order valence-corrected chi connectivity index (χ0v) is 17.4. The highest BCUT2D eigenvalue weighted by Crippen LogP contribution is 2.28. The minimum Gasteiger partial charge on any atom is -0.388 e. The van der Waals surface area contributed by atoms with E-state index in [1.807, 2.05) is 0 Å². The van der Waals surface area contributed by atoms with E-state index in [0.717, 1.165) is 19.3 Å². The second-order valence-corrected chi connectivity index (χ2v) is 8.10. The number of amides is 1. The molecule has 1 heterocycles. The molecule has 3 N–H and O–H groups in total. The van der Waals surface area contributed by atoms with Gasteiger partial charge in [0.2, 0.25) is 5.28 Å². The SMILES string of the molecule is O=C(NCC1(O)CCCCC1)c1cc(NCc2cc(Cl)nc(Cl)n2)ccc1Cl. The zero-order chi connectivity index (χ0) is 20.1. The largest absolute Gasteiger partial charge is 0.388 e. The van der Waals surface area contributed by atoms with Crippen molar-refractivity contribution in [2.75, 3.05) is 11.9 Å². The first kappa shape index (κ1) is 21.1. The zero-order valence-electron chi connectivity index (χ0n) is 15.1. The average Bonchev–Trinajstić information content (AvgIpc) is 2.65. The molecule has 0 atom stereocenters. The summed E-state index contributed by atoms with van der Waals surface area (Å²) in [4.78, 5) is 20.5. The van der Waals surface area contributed by atoms with Gasteiger partial charge in [0, 0.05) is 12.2 Å². The summed E-state index contributed by atoms with van der Waals surface area (Å²) in [6, 6.07) is 6.67. The van der Waals surface area contributed by atoms with Gasteiger partial charge in [0.15, 0.2) is 0 Å². The van der Waals surface area contributed by atoms with Crippen molar-refractivity contribution in [1.82, 2.24) is 15.3 Å². The van der Waals surface area contributed by atoms with Crippen LogP contribution in [0.5, 0.6) is 0 Å². The third-order valence-electron chi connectivity index (χ3n) is 4.77. The summed E-state index contributed by atoms with van der Waals surface area (Å²) in [6.07, 6.45) is 4.48. The van der Waals surface area contributed by atoms with Gasteiger partial charge in [-0.3, -0.25) is 4.79 Å². The fourth-order valence-electron chi connectivity index (χ4n) is 3.25. The molecule has 0 spiro atoms. The maximum atomic E-state index is 12.6. The number of halogens is 3. The predicted octanol–water partition coefficient (Wildman–Crippen LogP) is 4.47. The van der Waals surface area contributed by atoms with E-state index < -0.39 is 5.60 Å². The molecule has 1 aliphatic rings. The van der Waals surface area contributed by atoms with Crippen molar-refractivity contribution >= 4 is 46.4 Å². The fraction of sp³-hybridized carbons (Fsp3) is 0.421. The van der Waals surface area contributed by atoms with Crippen LogP contribution in [-0.2, 0) is 6.54 Å². The summed E-state index contributed by atoms with van der Waals surface area (Å²) in [7, 11) is 0. The Morgan fingerprint density at radius 3 is 2.57 bits per heavy atom. The van der Waals surface area contributed by atoms with Crippen LogP contribution in [0.25, 0.3) is 0 Å². The first-order valence-electron chi connectivity index (χ1n) is 9.08. The smallest absolute Gasteiger partial charge is 0.252 e. The van der Waals surface area contributed by atoms with E-state index in [0.29, 0.717) is 41.4 Å². The van der Waals surface area contributed by atoms with Gasteiger partial charge in [-0.1, -0.05) is 42.5 Å². The molecule has 0 radical (unpaired) electrons. The van der Waals surface area contributed by atoms with Crippen molar-refractivity contribution in [3.05, 3.63) is 51.0 Å². The maximum absolute atomic E-state index is 12.6. The summed E-state index contributed by atoms with van der Waals surface area (Å²) in [5, 5.41) is 17.2. The molecule has 6 nitrogen and oxygen atoms in total. The van der Waals surface area contributed by atoms with Crippen LogP contribution in [0.2, 0.25) is 15.5 Å². The summed E-state index contributed by atoms with van der Waals surface area (Å²) in [5.41, 5.74) is 0.814. The van der Waals surface area contributed by atoms with Crippen LogP contribution < -0.4 is 10.6 Å². The van der Waals surface area contributed by atoms with E-state index in [4.69, 9.17) is 34.8 Å². The molecule has 2 aromatic rings. The van der Waals surface area contributed by atoms with Crippen molar-refractivity contribution in [3.63, 3.8) is 0 Å². The quantitative estimate of drug-likeness (QED) is 0.453. The lowest BCUT2D eigenvalue weighted by Crippen LogP contribution is -2.44. The predicted molar refractivity (Wildman–Crippen MR) is 111 cm³/mol. The summed E-state index contributed by atoms with van der Waals surface area (Å²) >= 11 is 17.9. The third-order valence-corrected chi connectivity index (χ3v) is 5.46. The van der Waals surface area contributed by atoms with E-state index in [1.165, 1.54) is 0 Å². The molecule has 9 heteroatoms. The van der Waals surface area contributed by atoms with Gasteiger partial charge < -0.3 is 15.7 Å². The van der Waals surface area contributed by atoms with Crippen molar-refractivity contribution < 1.29 is 9.90 Å². The first-order valence-corrected chi connectivity index (χ1v) is 10.2. The van der Waals surface area contributed by atoms with Crippen LogP contribution in [0.3, 0.4) is 0 Å². The van der Waals surface area contributed by atoms with Crippen molar-refractivity contribution in [3.8, 4) is 0 Å². The summed E-state index contributed by atoms with van der Waals surface area (Å²) in [6.45, 7) is 0.572. The Hall–Kier alpha value is -1.60. The molecule has 0 bridgehead atoms. The van der Waals surface area contributed by atoms with Crippen molar-refractivity contribution in [2.45, 2.75) is 44.2 Å². The monoisotopic (exact) mass is 442 g/mol. The Morgan fingerprint density at radius 2 is 1.86 bits per heavy atom. The lowest BCUT2D eigenvalue weighted by Gasteiger charge is -2.32. The van der Waals surface area contributed by atoms with Gasteiger partial charge in [-0.25, -0.2) is 9.97 Å². The highest BCUT2D eigenvalue weighted by molar-refractivity contribution is 6.34. The molecule has 28 heavy (non-hydrogen) atoms. The molecule has 1 aromatic heterocycles. The van der Waals surface area contributed by atoms with Crippen LogP contribution in [0, 0.1) is 0 Å². The number of nitrogens with one attached hydrogen (secondary N) is 2. The Morgan fingerprint density at radius 1 is 1.11 bits per heavy atom. The molecule has 1 aliphatic carbocycles. The van der Waals surface area contributed by atoms with Gasteiger partial charge in [0.05, 0.1) is 28.4 Å². The fourth-order valence-corrected chi connectivity index (χ4v) is 3.91. The van der Waals surface area contributed by atoms with Gasteiger partial charge in [0.25, 0.3) is 5.91 Å². The molecule has 0 saturated heterocycles. The van der Waals surface area contributed by atoms with Gasteiger partial charge in [-0.05, 0) is 48.7 Å². The molecule has 0 unspecified atom stereocenters. The second kappa shape index (κ2) is 9.27. The molecule has 3 rings (SSSR count). The first-order chi connectivity index (χ1) is 13.3. The lowest BCUT2D eigenvalue weighted by molar-refractivity contribution is 0.00526. The van der Waals surface area contributed by atoms with Crippen molar-refractivity contribution in [2.24, 2.45) is 0 Å². The van der Waals surface area contributed by atoms with E-state index in [2.05, 4.69) is 20.6 Å². The van der Waals surface area contributed by atoms with Crippen LogP contribution in [0.15, 0.2) is 24.3 Å². The number of carbonyl (C=O) groups excluding carboxylic acids is 1.